The summed E-state index contributed by atoms with van der Waals surface area (Å²) in [5.74, 6) is -1.84. The molecule has 2 amide bonds. The van der Waals surface area contributed by atoms with Gasteiger partial charge >= 0.3 is 5.97 Å². The lowest BCUT2D eigenvalue weighted by molar-refractivity contribution is -0.190. The van der Waals surface area contributed by atoms with E-state index in [-0.39, 0.29) is 44.4 Å². The lowest BCUT2D eigenvalue weighted by Crippen LogP contribution is -2.44. The third-order valence-corrected chi connectivity index (χ3v) is 7.92. The number of amides is 2. The highest BCUT2D eigenvalue weighted by atomic mass is 127. The molecule has 3 unspecified atom stereocenters. The zero-order valence-corrected chi connectivity index (χ0v) is 25.7. The van der Waals surface area contributed by atoms with Crippen molar-refractivity contribution < 1.29 is 33.7 Å². The molecule has 10 heteroatoms. The molecular weight excluding hydrogens is 627 g/mol. The van der Waals surface area contributed by atoms with Crippen molar-refractivity contribution >= 4 is 40.4 Å². The zero-order chi connectivity index (χ0) is 29.0. The molecule has 1 aromatic rings. The Labute approximate surface area is 250 Å². The summed E-state index contributed by atoms with van der Waals surface area (Å²) in [7, 11) is 0. The van der Waals surface area contributed by atoms with E-state index in [1.54, 1.807) is 18.2 Å². The third-order valence-electron chi connectivity index (χ3n) is 7.20. The van der Waals surface area contributed by atoms with Crippen LogP contribution in [-0.2, 0) is 23.8 Å². The zero-order valence-electron chi connectivity index (χ0n) is 23.6. The molecule has 0 spiro atoms. The average Bonchev–Trinajstić information content (AvgIpc) is 3.31. The van der Waals surface area contributed by atoms with Gasteiger partial charge in [-0.25, -0.2) is 4.79 Å². The number of halogens is 1. The van der Waals surface area contributed by atoms with Crippen LogP contribution in [0.3, 0.4) is 0 Å². The molecule has 1 saturated heterocycles. The van der Waals surface area contributed by atoms with Crippen molar-refractivity contribution in [2.75, 3.05) is 19.7 Å². The first-order chi connectivity index (χ1) is 19.3. The summed E-state index contributed by atoms with van der Waals surface area (Å²) in [6.07, 6.45) is 8.03. The topological polar surface area (TPSA) is 123 Å². The van der Waals surface area contributed by atoms with Crippen LogP contribution in [0.5, 0.6) is 0 Å². The van der Waals surface area contributed by atoms with Gasteiger partial charge in [0, 0.05) is 47.9 Å². The van der Waals surface area contributed by atoms with E-state index in [4.69, 9.17) is 19.3 Å². The fourth-order valence-corrected chi connectivity index (χ4v) is 5.44. The van der Waals surface area contributed by atoms with Crippen molar-refractivity contribution in [3.05, 3.63) is 45.0 Å². The molecule has 1 aliphatic heterocycles. The number of hydrogen-bond donors (Lipinski definition) is 3. The Morgan fingerprint density at radius 1 is 1.00 bits per heavy atom. The van der Waals surface area contributed by atoms with Crippen LogP contribution in [0.2, 0.25) is 0 Å². The van der Waals surface area contributed by atoms with E-state index >= 15 is 0 Å². The van der Waals surface area contributed by atoms with E-state index < -0.39 is 30.1 Å². The molecular formula is C30H43IN2O7. The van der Waals surface area contributed by atoms with E-state index in [2.05, 4.69) is 47.1 Å². The first kappa shape index (κ1) is 32.5. The minimum absolute atomic E-state index is 0.0911. The number of hydrogen-bond acceptors (Lipinski definition) is 7. The van der Waals surface area contributed by atoms with Crippen LogP contribution in [0, 0.1) is 3.57 Å². The van der Waals surface area contributed by atoms with Gasteiger partial charge in [-0.2, -0.15) is 0 Å². The summed E-state index contributed by atoms with van der Waals surface area (Å²) in [4.78, 5) is 38.1. The lowest BCUT2D eigenvalue weighted by Gasteiger charge is -2.31. The first-order valence-electron chi connectivity index (χ1n) is 14.5. The molecule has 2 aliphatic rings. The minimum Gasteiger partial charge on any atom is -0.456 e. The van der Waals surface area contributed by atoms with Crippen LogP contribution in [0.1, 0.15) is 88.4 Å². The molecule has 1 aromatic carbocycles. The second-order valence-electron chi connectivity index (χ2n) is 10.4. The molecule has 0 saturated carbocycles. The van der Waals surface area contributed by atoms with E-state index in [0.29, 0.717) is 11.1 Å². The van der Waals surface area contributed by atoms with Crippen LogP contribution >= 0.6 is 22.6 Å². The van der Waals surface area contributed by atoms with Gasteiger partial charge in [0.15, 0.2) is 5.79 Å². The summed E-state index contributed by atoms with van der Waals surface area (Å²) < 4.78 is 20.2. The molecule has 1 aliphatic carbocycles. The fraction of sp³-hybridized carbons (Fsp3) is 0.633. The van der Waals surface area contributed by atoms with Crippen LogP contribution in [0.25, 0.3) is 0 Å². The highest BCUT2D eigenvalue weighted by Gasteiger charge is 2.52. The number of esters is 1. The summed E-state index contributed by atoms with van der Waals surface area (Å²) >= 11 is 2.18. The van der Waals surface area contributed by atoms with Crippen LogP contribution < -0.4 is 10.6 Å². The number of fused-ring (bicyclic) bond motifs is 1. The smallest absolute Gasteiger partial charge is 0.338 e. The molecule has 3 N–H and O–H groups in total. The second-order valence-corrected chi connectivity index (χ2v) is 11.7. The van der Waals surface area contributed by atoms with E-state index in [1.807, 2.05) is 12.1 Å². The van der Waals surface area contributed by atoms with Gasteiger partial charge in [0.25, 0.3) is 0 Å². The maximum absolute atomic E-state index is 13.1. The number of aliphatic hydroxyl groups is 1. The molecule has 1 fully saturated rings. The largest absolute Gasteiger partial charge is 0.456 e. The van der Waals surface area contributed by atoms with Gasteiger partial charge < -0.3 is 30.0 Å². The highest BCUT2D eigenvalue weighted by molar-refractivity contribution is 14.1. The monoisotopic (exact) mass is 670 g/mol. The predicted octanol–water partition coefficient (Wildman–Crippen LogP) is 4.40. The van der Waals surface area contributed by atoms with Gasteiger partial charge in [0.2, 0.25) is 11.8 Å². The van der Waals surface area contributed by atoms with Crippen molar-refractivity contribution in [2.45, 2.75) is 102 Å². The van der Waals surface area contributed by atoms with Crippen molar-refractivity contribution in [2.24, 2.45) is 0 Å². The number of rotatable bonds is 16. The average molecular weight is 671 g/mol. The van der Waals surface area contributed by atoms with E-state index in [9.17, 15) is 14.4 Å². The summed E-state index contributed by atoms with van der Waals surface area (Å²) in [6, 6.07) is 7.14. The standard InChI is InChI=1S/C30H43IN2O7/c1-3-5-7-14-30(15-8-6-4-2)39-25-20-22(28(36)33-16-13-26(35)32-17-18-34)19-24(27(25)40-30)38-29(37)21-9-11-23(31)12-10-21/h9-12,20,24-25,27,34H,3-8,13-19H2,1-2H3,(H,32,35)(H,33,36). The van der Waals surface area contributed by atoms with Gasteiger partial charge in [-0.3, -0.25) is 9.59 Å². The number of carbonyl (C=O) groups is 3. The molecule has 40 heavy (non-hydrogen) atoms. The Bertz CT molecular complexity index is 1000. The van der Waals surface area contributed by atoms with Gasteiger partial charge in [-0.15, -0.1) is 0 Å². The first-order valence-corrected chi connectivity index (χ1v) is 15.6. The molecule has 3 atom stereocenters. The molecule has 0 aromatic heterocycles. The SMILES string of the molecule is CCCCCC1(CCCCC)OC2C=C(C(=O)NCCC(=O)NCCO)CC(OC(=O)c3ccc(I)cc3)C2O1. The number of carbonyl (C=O) groups excluding carboxylic acids is 3. The number of benzene rings is 1. The fourth-order valence-electron chi connectivity index (χ4n) is 5.08. The van der Waals surface area contributed by atoms with Crippen molar-refractivity contribution in [3.63, 3.8) is 0 Å². The Balaban J connectivity index is 1.78. The number of nitrogens with one attached hydrogen (secondary N) is 2. The van der Waals surface area contributed by atoms with Crippen molar-refractivity contribution in [3.8, 4) is 0 Å². The van der Waals surface area contributed by atoms with Crippen molar-refractivity contribution in [1.29, 1.82) is 0 Å². The van der Waals surface area contributed by atoms with Crippen LogP contribution in [0.15, 0.2) is 35.9 Å². The lowest BCUT2D eigenvalue weighted by atomic mass is 9.91. The van der Waals surface area contributed by atoms with Crippen LogP contribution in [-0.4, -0.2) is 66.7 Å². The Morgan fingerprint density at radius 2 is 1.68 bits per heavy atom. The minimum atomic E-state index is -0.777. The Kier molecular flexibility index (Phi) is 13.3. The molecule has 0 radical (unpaired) electrons. The second kappa shape index (κ2) is 16.4. The van der Waals surface area contributed by atoms with Gasteiger partial charge in [-0.05, 0) is 65.8 Å². The molecule has 9 nitrogen and oxygen atoms in total. The maximum Gasteiger partial charge on any atom is 0.338 e. The quantitative estimate of drug-likeness (QED) is 0.135. The summed E-state index contributed by atoms with van der Waals surface area (Å²) in [5, 5.41) is 14.2. The number of ether oxygens (including phenoxy) is 3. The predicted molar refractivity (Wildman–Crippen MR) is 160 cm³/mol. The Morgan fingerprint density at radius 3 is 2.30 bits per heavy atom. The number of unbranched alkanes of at least 4 members (excludes halogenated alkanes) is 4. The summed E-state index contributed by atoms with van der Waals surface area (Å²) in [5.41, 5.74) is 0.876. The van der Waals surface area contributed by atoms with Gasteiger partial charge in [0.1, 0.15) is 18.3 Å². The van der Waals surface area contributed by atoms with Crippen molar-refractivity contribution in [1.82, 2.24) is 10.6 Å². The maximum atomic E-state index is 13.1. The van der Waals surface area contributed by atoms with E-state index in [0.717, 1.165) is 54.9 Å². The Hall–Kier alpha value is -2.02. The van der Waals surface area contributed by atoms with Crippen LogP contribution in [0.4, 0.5) is 0 Å². The summed E-state index contributed by atoms with van der Waals surface area (Å²) in [6.45, 7) is 4.48. The normalized spacial score (nSPS) is 21.3. The molecule has 1 heterocycles. The van der Waals surface area contributed by atoms with Gasteiger partial charge in [0.05, 0.1) is 12.2 Å². The number of aliphatic hydroxyl groups excluding tert-OH is 1. The molecule has 3 rings (SSSR count). The van der Waals surface area contributed by atoms with E-state index in [1.165, 1.54) is 0 Å². The third kappa shape index (κ3) is 9.53. The van der Waals surface area contributed by atoms with Gasteiger partial charge in [-0.1, -0.05) is 39.5 Å². The highest BCUT2D eigenvalue weighted by Crippen LogP contribution is 2.43. The molecule has 222 valence electrons. The molecule has 0 bridgehead atoms.